The third kappa shape index (κ3) is 2.75. The maximum absolute atomic E-state index is 13.4. The van der Waals surface area contributed by atoms with E-state index in [0.717, 1.165) is 70.0 Å². The van der Waals surface area contributed by atoms with Gasteiger partial charge in [-0.1, -0.05) is 0 Å². The number of pyridine rings is 1. The van der Waals surface area contributed by atoms with Crippen LogP contribution in [-0.4, -0.2) is 49.6 Å². The van der Waals surface area contributed by atoms with Gasteiger partial charge in [-0.3, -0.25) is 4.79 Å². The zero-order valence-corrected chi connectivity index (χ0v) is 20.1. The Bertz CT molecular complexity index is 1530. The Morgan fingerprint density at radius 3 is 2.74 bits per heavy atom. The maximum Gasteiger partial charge on any atom is 0.254 e. The SMILES string of the molecule is COc1ccc2cc(-c3nc4cc(C(=O)N5C[C@H]6CC7C[C@@H]5[C@H]76)ccc4n3C)n(CC3CC3)c2n1. The van der Waals surface area contributed by atoms with Gasteiger partial charge in [0.15, 0.2) is 5.82 Å². The predicted molar refractivity (Wildman–Crippen MR) is 133 cm³/mol. The highest BCUT2D eigenvalue weighted by atomic mass is 16.5. The maximum atomic E-state index is 13.4. The molecule has 4 aliphatic rings. The van der Waals surface area contributed by atoms with E-state index in [1.54, 1.807) is 7.11 Å². The van der Waals surface area contributed by atoms with Crippen LogP contribution in [0.5, 0.6) is 5.88 Å². The second kappa shape index (κ2) is 6.86. The number of amides is 1. The number of aryl methyl sites for hydroxylation is 1. The van der Waals surface area contributed by atoms with Gasteiger partial charge in [0.1, 0.15) is 5.65 Å². The van der Waals surface area contributed by atoms with Crippen molar-refractivity contribution < 1.29 is 9.53 Å². The summed E-state index contributed by atoms with van der Waals surface area (Å²) in [7, 11) is 3.72. The monoisotopic (exact) mass is 467 g/mol. The Kier molecular flexibility index (Phi) is 3.90. The van der Waals surface area contributed by atoms with E-state index in [2.05, 4.69) is 39.3 Å². The number of nitrogens with zero attached hydrogens (tertiary/aromatic N) is 5. The summed E-state index contributed by atoms with van der Waals surface area (Å²) in [5.41, 5.74) is 4.68. The number of hydrogen-bond donors (Lipinski definition) is 0. The molecule has 0 radical (unpaired) electrons. The van der Waals surface area contributed by atoms with Crippen molar-refractivity contribution >= 4 is 28.0 Å². The molecule has 8 rings (SSSR count). The molecule has 4 heterocycles. The lowest BCUT2D eigenvalue weighted by molar-refractivity contribution is -0.0204. The normalized spacial score (nSPS) is 26.6. The largest absolute Gasteiger partial charge is 0.481 e. The molecular formula is C28H29N5O2. The van der Waals surface area contributed by atoms with E-state index >= 15 is 0 Å². The molecule has 1 aromatic carbocycles. The average Bonchev–Trinajstić information content (AvgIpc) is 3.53. The Morgan fingerprint density at radius 1 is 1.09 bits per heavy atom. The molecule has 4 atom stereocenters. The van der Waals surface area contributed by atoms with Crippen molar-refractivity contribution in [2.45, 2.75) is 38.3 Å². The van der Waals surface area contributed by atoms with Crippen LogP contribution in [0.3, 0.4) is 0 Å². The van der Waals surface area contributed by atoms with Crippen molar-refractivity contribution in [3.63, 3.8) is 0 Å². The standard InChI is InChI=1S/C28H29N5O2/c1-31-21-7-5-17(28(34)33-14-19-9-18-12-22(33)25(18)19)10-20(21)29-27(31)23-11-16-6-8-24(35-2)30-26(16)32(23)13-15-3-4-15/h5-8,10-11,15,18-19,22,25H,3-4,9,12-14H2,1-2H3/t18?,19-,22-,25-/m1/s1. The molecule has 7 nitrogen and oxygen atoms in total. The van der Waals surface area contributed by atoms with E-state index in [-0.39, 0.29) is 5.91 Å². The lowest BCUT2D eigenvalue weighted by Crippen LogP contribution is -2.53. The van der Waals surface area contributed by atoms with Gasteiger partial charge in [0.05, 0.1) is 23.8 Å². The number of aromatic nitrogens is 4. The fourth-order valence-corrected chi connectivity index (χ4v) is 7.08. The Hall–Kier alpha value is -3.35. The van der Waals surface area contributed by atoms with Crippen molar-refractivity contribution in [1.29, 1.82) is 0 Å². The van der Waals surface area contributed by atoms with Crippen molar-refractivity contribution in [2.24, 2.45) is 30.7 Å². The van der Waals surface area contributed by atoms with E-state index in [4.69, 9.17) is 14.7 Å². The first-order valence-corrected chi connectivity index (χ1v) is 12.9. The topological polar surface area (TPSA) is 65.2 Å². The van der Waals surface area contributed by atoms with Crippen LogP contribution in [0.1, 0.15) is 36.0 Å². The van der Waals surface area contributed by atoms with Gasteiger partial charge >= 0.3 is 0 Å². The Balaban J connectivity index is 1.20. The highest BCUT2D eigenvalue weighted by Crippen LogP contribution is 2.60. The van der Waals surface area contributed by atoms with Crippen LogP contribution in [-0.2, 0) is 13.6 Å². The molecule has 4 aromatic rings. The van der Waals surface area contributed by atoms with Gasteiger partial charge < -0.3 is 18.8 Å². The van der Waals surface area contributed by atoms with Crippen LogP contribution >= 0.6 is 0 Å². The predicted octanol–water partition coefficient (Wildman–Crippen LogP) is 4.49. The summed E-state index contributed by atoms with van der Waals surface area (Å²) >= 11 is 0. The van der Waals surface area contributed by atoms with E-state index in [0.29, 0.717) is 17.8 Å². The molecule has 1 unspecified atom stereocenters. The van der Waals surface area contributed by atoms with Crippen molar-refractivity contribution in [1.82, 2.24) is 24.0 Å². The third-order valence-electron chi connectivity index (χ3n) is 9.20. The van der Waals surface area contributed by atoms with Crippen LogP contribution in [0, 0.1) is 23.7 Å². The number of rotatable bonds is 5. The summed E-state index contributed by atoms with van der Waals surface area (Å²) in [6.07, 6.45) is 5.05. The van der Waals surface area contributed by atoms with Crippen LogP contribution in [0.4, 0.5) is 0 Å². The summed E-state index contributed by atoms with van der Waals surface area (Å²) < 4.78 is 9.85. The molecule has 1 aliphatic heterocycles. The first-order valence-electron chi connectivity index (χ1n) is 12.9. The summed E-state index contributed by atoms with van der Waals surface area (Å²) in [4.78, 5) is 25.4. The van der Waals surface area contributed by atoms with E-state index in [1.165, 1.54) is 25.7 Å². The molecule has 3 aromatic heterocycles. The molecular weight excluding hydrogens is 438 g/mol. The minimum Gasteiger partial charge on any atom is -0.481 e. The summed E-state index contributed by atoms with van der Waals surface area (Å²) in [6, 6.07) is 12.7. The molecule has 178 valence electrons. The number of hydrogen-bond acceptors (Lipinski definition) is 4. The number of ether oxygens (including phenoxy) is 1. The van der Waals surface area contributed by atoms with Gasteiger partial charge in [0.2, 0.25) is 5.88 Å². The summed E-state index contributed by atoms with van der Waals surface area (Å²) in [5, 5.41) is 1.09. The highest BCUT2D eigenvalue weighted by molar-refractivity contribution is 5.98. The second-order valence-corrected chi connectivity index (χ2v) is 11.1. The lowest BCUT2D eigenvalue weighted by Gasteiger charge is -2.52. The van der Waals surface area contributed by atoms with Gasteiger partial charge in [-0.05, 0) is 79.7 Å². The fourth-order valence-electron chi connectivity index (χ4n) is 7.08. The van der Waals surface area contributed by atoms with Crippen molar-refractivity contribution in [2.75, 3.05) is 13.7 Å². The molecule has 3 aliphatic carbocycles. The number of benzene rings is 1. The average molecular weight is 468 g/mol. The fraction of sp³-hybridized carbons (Fsp3) is 0.464. The third-order valence-corrected chi connectivity index (χ3v) is 9.20. The number of fused-ring (bicyclic) bond motifs is 2. The molecule has 0 N–H and O–H groups in total. The van der Waals surface area contributed by atoms with Crippen LogP contribution < -0.4 is 4.74 Å². The quantitative estimate of drug-likeness (QED) is 0.434. The number of carbonyl (C=O) groups is 1. The number of methoxy groups -OCH3 is 1. The summed E-state index contributed by atoms with van der Waals surface area (Å²) in [6.45, 7) is 1.87. The first-order chi connectivity index (χ1) is 17.1. The lowest BCUT2D eigenvalue weighted by atomic mass is 9.53. The molecule has 7 heteroatoms. The summed E-state index contributed by atoms with van der Waals surface area (Å²) in [5.74, 6) is 4.82. The second-order valence-electron chi connectivity index (χ2n) is 11.1. The molecule has 0 spiro atoms. The van der Waals surface area contributed by atoms with Gasteiger partial charge in [-0.2, -0.15) is 4.98 Å². The zero-order chi connectivity index (χ0) is 23.4. The molecule has 1 saturated heterocycles. The number of carbonyl (C=O) groups excluding carboxylic acids is 1. The van der Waals surface area contributed by atoms with Gasteiger partial charge in [-0.15, -0.1) is 0 Å². The van der Waals surface area contributed by atoms with Crippen molar-refractivity contribution in [3.05, 3.63) is 42.0 Å². The minimum absolute atomic E-state index is 0.177. The van der Waals surface area contributed by atoms with E-state index < -0.39 is 0 Å². The van der Waals surface area contributed by atoms with E-state index in [9.17, 15) is 4.79 Å². The Morgan fingerprint density at radius 2 is 1.97 bits per heavy atom. The van der Waals surface area contributed by atoms with Crippen molar-refractivity contribution in [3.8, 4) is 17.4 Å². The molecule has 0 bridgehead atoms. The Labute approximate surface area is 203 Å². The van der Waals surface area contributed by atoms with Crippen LogP contribution in [0.25, 0.3) is 33.6 Å². The van der Waals surface area contributed by atoms with Gasteiger partial charge in [0.25, 0.3) is 5.91 Å². The van der Waals surface area contributed by atoms with Crippen LogP contribution in [0.15, 0.2) is 36.4 Å². The molecule has 4 fully saturated rings. The van der Waals surface area contributed by atoms with Crippen LogP contribution in [0.2, 0.25) is 0 Å². The van der Waals surface area contributed by atoms with Gasteiger partial charge in [0, 0.05) is 43.2 Å². The molecule has 1 amide bonds. The van der Waals surface area contributed by atoms with E-state index in [1.807, 2.05) is 18.2 Å². The number of likely N-dealkylation sites (tertiary alicyclic amines) is 1. The molecule has 35 heavy (non-hydrogen) atoms. The minimum atomic E-state index is 0.177. The zero-order valence-electron chi connectivity index (χ0n) is 20.1. The number of imidazole rings is 1. The highest BCUT2D eigenvalue weighted by Gasteiger charge is 2.61. The molecule has 3 saturated carbocycles. The van der Waals surface area contributed by atoms with Gasteiger partial charge in [-0.25, -0.2) is 4.98 Å². The smallest absolute Gasteiger partial charge is 0.254 e. The first kappa shape index (κ1) is 19.9.